The molecule has 0 saturated heterocycles. The molecule has 0 radical (unpaired) electrons. The standard InChI is InChI=1S/C8H3BrF2O/c9-7-6(11)3-5(10)4-1-2-12-8(4)7/h1-3H. The molecule has 0 saturated carbocycles. The SMILES string of the molecule is Fc1cc(F)c2ccoc2c1Br. The topological polar surface area (TPSA) is 13.1 Å². The Morgan fingerprint density at radius 1 is 1.25 bits per heavy atom. The average molecular weight is 233 g/mol. The number of hydrogen-bond acceptors (Lipinski definition) is 1. The van der Waals surface area contributed by atoms with Crippen molar-refractivity contribution in [3.63, 3.8) is 0 Å². The van der Waals surface area contributed by atoms with Gasteiger partial charge in [0.1, 0.15) is 11.6 Å². The molecule has 12 heavy (non-hydrogen) atoms. The minimum Gasteiger partial charge on any atom is -0.463 e. The fourth-order valence-electron chi connectivity index (χ4n) is 1.03. The summed E-state index contributed by atoms with van der Waals surface area (Å²) in [7, 11) is 0. The van der Waals surface area contributed by atoms with E-state index in [1.54, 1.807) is 0 Å². The lowest BCUT2D eigenvalue weighted by Crippen LogP contribution is -1.82. The lowest BCUT2D eigenvalue weighted by Gasteiger charge is -1.95. The molecule has 1 heterocycles. The average Bonchev–Trinajstić information content (AvgIpc) is 2.48. The maximum absolute atomic E-state index is 12.9. The van der Waals surface area contributed by atoms with Crippen molar-refractivity contribution in [2.45, 2.75) is 0 Å². The third-order valence-electron chi connectivity index (χ3n) is 1.59. The third-order valence-corrected chi connectivity index (χ3v) is 2.32. The molecule has 0 unspecified atom stereocenters. The molecular weight excluding hydrogens is 230 g/mol. The molecule has 2 rings (SSSR count). The molecule has 1 nitrogen and oxygen atoms in total. The van der Waals surface area contributed by atoms with Gasteiger partial charge in [0.15, 0.2) is 5.58 Å². The molecule has 0 aliphatic carbocycles. The van der Waals surface area contributed by atoms with Crippen LogP contribution < -0.4 is 0 Å². The van der Waals surface area contributed by atoms with Crippen molar-refractivity contribution in [1.29, 1.82) is 0 Å². The fraction of sp³-hybridized carbons (Fsp3) is 0. The molecule has 62 valence electrons. The van der Waals surface area contributed by atoms with E-state index >= 15 is 0 Å². The van der Waals surface area contributed by atoms with E-state index in [0.717, 1.165) is 6.07 Å². The van der Waals surface area contributed by atoms with E-state index in [4.69, 9.17) is 4.42 Å². The Kier molecular flexibility index (Phi) is 1.65. The Morgan fingerprint density at radius 2 is 2.00 bits per heavy atom. The molecule has 0 aliphatic heterocycles. The number of halogens is 3. The third kappa shape index (κ3) is 0.948. The van der Waals surface area contributed by atoms with Gasteiger partial charge in [0.05, 0.1) is 16.1 Å². The van der Waals surface area contributed by atoms with Crippen molar-refractivity contribution >= 4 is 26.9 Å². The highest BCUT2D eigenvalue weighted by Gasteiger charge is 2.12. The van der Waals surface area contributed by atoms with E-state index < -0.39 is 11.6 Å². The van der Waals surface area contributed by atoms with Gasteiger partial charge in [-0.1, -0.05) is 0 Å². The number of fused-ring (bicyclic) bond motifs is 1. The number of rotatable bonds is 0. The van der Waals surface area contributed by atoms with Crippen molar-refractivity contribution in [1.82, 2.24) is 0 Å². The van der Waals surface area contributed by atoms with Crippen LogP contribution in [0.3, 0.4) is 0 Å². The predicted molar refractivity (Wildman–Crippen MR) is 43.8 cm³/mol. The summed E-state index contributed by atoms with van der Waals surface area (Å²) in [6.07, 6.45) is 1.32. The molecule has 0 fully saturated rings. The van der Waals surface area contributed by atoms with E-state index in [-0.39, 0.29) is 15.4 Å². The summed E-state index contributed by atoms with van der Waals surface area (Å²) in [5, 5.41) is 0.281. The van der Waals surface area contributed by atoms with E-state index in [0.29, 0.717) is 0 Å². The molecule has 0 spiro atoms. The fourth-order valence-corrected chi connectivity index (χ4v) is 1.45. The van der Waals surface area contributed by atoms with Crippen LogP contribution in [0.15, 0.2) is 27.3 Å². The first-order valence-corrected chi connectivity index (χ1v) is 4.00. The van der Waals surface area contributed by atoms with Crippen molar-refractivity contribution in [2.24, 2.45) is 0 Å². The second kappa shape index (κ2) is 2.55. The van der Waals surface area contributed by atoms with Crippen molar-refractivity contribution in [3.8, 4) is 0 Å². The van der Waals surface area contributed by atoms with Gasteiger partial charge < -0.3 is 4.42 Å². The van der Waals surface area contributed by atoms with Crippen LogP contribution in [-0.2, 0) is 0 Å². The van der Waals surface area contributed by atoms with Crippen LogP contribution in [-0.4, -0.2) is 0 Å². The number of benzene rings is 1. The van der Waals surface area contributed by atoms with Crippen LogP contribution in [0.4, 0.5) is 8.78 Å². The maximum Gasteiger partial charge on any atom is 0.153 e. The quantitative estimate of drug-likeness (QED) is 0.635. The number of hydrogen-bond donors (Lipinski definition) is 0. The van der Waals surface area contributed by atoms with Crippen molar-refractivity contribution < 1.29 is 13.2 Å². The smallest absolute Gasteiger partial charge is 0.153 e. The van der Waals surface area contributed by atoms with E-state index in [1.807, 2.05) is 0 Å². The molecule has 0 aliphatic rings. The zero-order valence-corrected chi connectivity index (χ0v) is 7.36. The van der Waals surface area contributed by atoms with Gasteiger partial charge >= 0.3 is 0 Å². The van der Waals surface area contributed by atoms with Gasteiger partial charge in [-0.2, -0.15) is 0 Å². The maximum atomic E-state index is 12.9. The van der Waals surface area contributed by atoms with Crippen molar-refractivity contribution in [3.05, 3.63) is 34.5 Å². The molecular formula is C8H3BrF2O. The zero-order chi connectivity index (χ0) is 8.72. The Hall–Kier alpha value is -0.900. The molecule has 1 aromatic heterocycles. The molecule has 1 aromatic carbocycles. The van der Waals surface area contributed by atoms with Crippen LogP contribution in [0.5, 0.6) is 0 Å². The highest BCUT2D eigenvalue weighted by molar-refractivity contribution is 9.10. The normalized spacial score (nSPS) is 10.9. The van der Waals surface area contributed by atoms with Gasteiger partial charge in [-0.25, -0.2) is 8.78 Å². The summed E-state index contributed by atoms with van der Waals surface area (Å²) in [5.74, 6) is -1.27. The van der Waals surface area contributed by atoms with Crippen LogP contribution in [0.2, 0.25) is 0 Å². The summed E-state index contributed by atoms with van der Waals surface area (Å²) in [4.78, 5) is 0. The summed E-state index contributed by atoms with van der Waals surface area (Å²) in [6.45, 7) is 0. The van der Waals surface area contributed by atoms with E-state index in [1.165, 1.54) is 12.3 Å². The predicted octanol–water partition coefficient (Wildman–Crippen LogP) is 3.47. The second-order valence-corrected chi connectivity index (χ2v) is 3.11. The van der Waals surface area contributed by atoms with Crippen molar-refractivity contribution in [2.75, 3.05) is 0 Å². The lowest BCUT2D eigenvalue weighted by atomic mass is 10.2. The van der Waals surface area contributed by atoms with Gasteiger partial charge in [-0.05, 0) is 22.0 Å². The molecule has 0 amide bonds. The highest BCUT2D eigenvalue weighted by atomic mass is 79.9. The largest absolute Gasteiger partial charge is 0.463 e. The summed E-state index contributed by atoms with van der Waals surface area (Å²) in [6, 6.07) is 2.27. The first-order valence-electron chi connectivity index (χ1n) is 3.21. The van der Waals surface area contributed by atoms with Gasteiger partial charge in [-0.3, -0.25) is 0 Å². The van der Waals surface area contributed by atoms with E-state index in [2.05, 4.69) is 15.9 Å². The van der Waals surface area contributed by atoms with Gasteiger partial charge in [0, 0.05) is 6.07 Å². The second-order valence-electron chi connectivity index (χ2n) is 2.32. The van der Waals surface area contributed by atoms with Crippen LogP contribution in [0, 0.1) is 11.6 Å². The van der Waals surface area contributed by atoms with Gasteiger partial charge in [0.2, 0.25) is 0 Å². The lowest BCUT2D eigenvalue weighted by molar-refractivity contribution is 0.571. The molecule has 2 aromatic rings. The Labute approximate surface area is 75.1 Å². The van der Waals surface area contributed by atoms with Crippen LogP contribution >= 0.6 is 15.9 Å². The molecule has 0 bridgehead atoms. The van der Waals surface area contributed by atoms with Crippen LogP contribution in [0.25, 0.3) is 11.0 Å². The van der Waals surface area contributed by atoms with E-state index in [9.17, 15) is 8.78 Å². The van der Waals surface area contributed by atoms with Gasteiger partial charge in [0.25, 0.3) is 0 Å². The minimum absolute atomic E-state index is 0.156. The first kappa shape index (κ1) is 7.73. The molecule has 0 N–H and O–H groups in total. The Bertz CT molecular complexity index is 436. The minimum atomic E-state index is -0.657. The summed E-state index contributed by atoms with van der Waals surface area (Å²) < 4.78 is 30.8. The summed E-state index contributed by atoms with van der Waals surface area (Å²) in [5.41, 5.74) is 0.201. The Morgan fingerprint density at radius 3 is 2.75 bits per heavy atom. The number of furan rings is 1. The first-order chi connectivity index (χ1) is 5.70. The van der Waals surface area contributed by atoms with Crippen LogP contribution in [0.1, 0.15) is 0 Å². The highest BCUT2D eigenvalue weighted by Crippen LogP contribution is 2.29. The zero-order valence-electron chi connectivity index (χ0n) is 5.77. The molecule has 4 heteroatoms. The monoisotopic (exact) mass is 232 g/mol. The molecule has 0 atom stereocenters. The Balaban J connectivity index is 2.97. The van der Waals surface area contributed by atoms with Gasteiger partial charge in [-0.15, -0.1) is 0 Å². The summed E-state index contributed by atoms with van der Waals surface area (Å²) >= 11 is 2.96.